The number of nitrogens with zero attached hydrogens (tertiary/aromatic N) is 1. The lowest BCUT2D eigenvalue weighted by Gasteiger charge is -2.46. The van der Waals surface area contributed by atoms with E-state index in [1.54, 1.807) is 42.7 Å². The first-order valence-corrected chi connectivity index (χ1v) is 11.9. The molecule has 9 heteroatoms. The highest BCUT2D eigenvalue weighted by atomic mass is 16.5. The number of carbonyl (C=O) groups excluding carboxylic acids is 1. The fraction of sp³-hybridized carbons (Fsp3) is 0.519. The lowest BCUT2D eigenvalue weighted by atomic mass is 9.84. The van der Waals surface area contributed by atoms with E-state index in [0.29, 0.717) is 52.0 Å². The van der Waals surface area contributed by atoms with Crippen LogP contribution in [0.2, 0.25) is 0 Å². The van der Waals surface area contributed by atoms with Gasteiger partial charge in [0, 0.05) is 25.3 Å². The van der Waals surface area contributed by atoms with Crippen LogP contribution < -0.4 is 28.4 Å². The van der Waals surface area contributed by atoms with Crippen molar-refractivity contribution in [3.8, 4) is 34.5 Å². The van der Waals surface area contributed by atoms with Gasteiger partial charge in [-0.1, -0.05) is 0 Å². The molecule has 2 unspecified atom stereocenters. The van der Waals surface area contributed by atoms with Crippen molar-refractivity contribution in [1.82, 2.24) is 0 Å². The molecule has 3 rings (SSSR count). The predicted octanol–water partition coefficient (Wildman–Crippen LogP) is 3.78. The average Bonchev–Trinajstić information content (AvgIpc) is 2.88. The van der Waals surface area contributed by atoms with Gasteiger partial charge in [0.1, 0.15) is 6.04 Å². The van der Waals surface area contributed by atoms with Gasteiger partial charge in [-0.15, -0.1) is 0 Å². The van der Waals surface area contributed by atoms with E-state index >= 15 is 0 Å². The molecule has 9 nitrogen and oxygen atoms in total. The lowest BCUT2D eigenvalue weighted by molar-refractivity contribution is -0.935. The van der Waals surface area contributed by atoms with Crippen LogP contribution in [0.25, 0.3) is 0 Å². The summed E-state index contributed by atoms with van der Waals surface area (Å²) < 4.78 is 40.2. The molecule has 0 radical (unpaired) electrons. The van der Waals surface area contributed by atoms with Crippen LogP contribution >= 0.6 is 0 Å². The third kappa shape index (κ3) is 5.11. The molecule has 0 bridgehead atoms. The maximum atomic E-state index is 11.3. The van der Waals surface area contributed by atoms with E-state index in [9.17, 15) is 4.79 Å². The second-order valence-electron chi connectivity index (χ2n) is 8.95. The number of carbonyl (C=O) groups is 1. The molecule has 1 aliphatic heterocycles. The van der Waals surface area contributed by atoms with E-state index < -0.39 is 0 Å². The number of methoxy groups -OCH3 is 6. The maximum absolute atomic E-state index is 11.3. The van der Waals surface area contributed by atoms with Crippen LogP contribution in [0.3, 0.4) is 0 Å². The molecule has 2 atom stereocenters. The second kappa shape index (κ2) is 11.6. The number of ether oxygens (including phenoxy) is 7. The topological polar surface area (TPSA) is 81.7 Å². The number of benzene rings is 2. The molecule has 0 saturated heterocycles. The van der Waals surface area contributed by atoms with Gasteiger partial charge < -0.3 is 37.6 Å². The Morgan fingerprint density at radius 1 is 0.833 bits per heavy atom. The Hall–Kier alpha value is -3.33. The van der Waals surface area contributed by atoms with Crippen molar-refractivity contribution in [2.24, 2.45) is 0 Å². The van der Waals surface area contributed by atoms with Gasteiger partial charge in [-0.25, -0.2) is 0 Å². The van der Waals surface area contributed by atoms with Crippen molar-refractivity contribution in [3.63, 3.8) is 0 Å². The smallest absolute Gasteiger partial charge is 0.302 e. The Morgan fingerprint density at radius 3 is 1.89 bits per heavy atom. The van der Waals surface area contributed by atoms with E-state index in [1.807, 2.05) is 18.2 Å². The van der Waals surface area contributed by atoms with Gasteiger partial charge in [-0.3, -0.25) is 4.79 Å². The molecule has 0 saturated carbocycles. The normalized spacial score (nSPS) is 18.6. The summed E-state index contributed by atoms with van der Waals surface area (Å²) in [5, 5.41) is 0. The predicted molar refractivity (Wildman–Crippen MR) is 135 cm³/mol. The maximum Gasteiger partial charge on any atom is 0.302 e. The van der Waals surface area contributed by atoms with Gasteiger partial charge in [-0.05, 0) is 23.8 Å². The zero-order chi connectivity index (χ0) is 26.5. The van der Waals surface area contributed by atoms with Crippen LogP contribution in [0.5, 0.6) is 34.5 Å². The average molecular weight is 505 g/mol. The third-order valence-corrected chi connectivity index (χ3v) is 6.86. The van der Waals surface area contributed by atoms with Crippen molar-refractivity contribution >= 4 is 5.97 Å². The van der Waals surface area contributed by atoms with E-state index in [1.165, 1.54) is 6.92 Å². The second-order valence-corrected chi connectivity index (χ2v) is 8.95. The SMILES string of the molecule is COc1cc(C2c3c(cc(OC)c(OC)c3OC)CC[N+]2(C)CCCOC(C)=O)cc(OC)c1OC. The molecule has 36 heavy (non-hydrogen) atoms. The molecule has 0 aromatic heterocycles. The summed E-state index contributed by atoms with van der Waals surface area (Å²) in [4.78, 5) is 11.3. The minimum Gasteiger partial charge on any atom is -0.493 e. The minimum absolute atomic E-state index is 0.158. The molecule has 198 valence electrons. The summed E-state index contributed by atoms with van der Waals surface area (Å²) in [6, 6.07) is 5.85. The van der Waals surface area contributed by atoms with Crippen molar-refractivity contribution in [3.05, 3.63) is 34.9 Å². The third-order valence-electron chi connectivity index (χ3n) is 6.86. The van der Waals surface area contributed by atoms with Gasteiger partial charge in [0.05, 0.1) is 75.0 Å². The molecular weight excluding hydrogens is 466 g/mol. The first-order valence-electron chi connectivity index (χ1n) is 11.9. The van der Waals surface area contributed by atoms with E-state index in [2.05, 4.69) is 7.05 Å². The molecule has 2 aromatic rings. The molecular formula is C27H38NO8+. The molecule has 0 spiro atoms. The Kier molecular flexibility index (Phi) is 8.79. The van der Waals surface area contributed by atoms with Crippen LogP contribution in [-0.4, -0.2) is 79.9 Å². The summed E-state index contributed by atoms with van der Waals surface area (Å²) in [6.07, 6.45) is 1.53. The lowest BCUT2D eigenvalue weighted by Crippen LogP contribution is -2.52. The number of quaternary nitrogens is 1. The molecule has 0 aliphatic carbocycles. The zero-order valence-corrected chi connectivity index (χ0v) is 22.6. The molecule has 2 aromatic carbocycles. The van der Waals surface area contributed by atoms with Crippen LogP contribution in [0.15, 0.2) is 18.2 Å². The minimum atomic E-state index is -0.277. The standard InChI is InChI=1S/C27H38NO8/c1-17(29)36-13-9-11-28(2)12-10-18-14-22(32-5)26(34-7)27(35-8)23(18)24(28)19-15-20(30-3)25(33-6)21(16-19)31-4/h14-16,24H,9-13H2,1-8H3/q+1. The largest absolute Gasteiger partial charge is 0.493 e. The highest BCUT2D eigenvalue weighted by Gasteiger charge is 2.44. The zero-order valence-electron chi connectivity index (χ0n) is 22.6. The fourth-order valence-electron chi connectivity index (χ4n) is 5.22. The summed E-state index contributed by atoms with van der Waals surface area (Å²) in [6.45, 7) is 3.41. The molecule has 0 N–H and O–H groups in total. The monoisotopic (exact) mass is 504 g/mol. The highest BCUT2D eigenvalue weighted by Crippen LogP contribution is 2.53. The van der Waals surface area contributed by atoms with Crippen molar-refractivity contribution in [1.29, 1.82) is 0 Å². The number of likely N-dealkylation sites (N-methyl/N-ethyl adjacent to an activating group) is 1. The van der Waals surface area contributed by atoms with Gasteiger partial charge in [0.15, 0.2) is 23.0 Å². The molecule has 1 heterocycles. The first-order chi connectivity index (χ1) is 17.3. The van der Waals surface area contributed by atoms with E-state index in [-0.39, 0.29) is 12.0 Å². The summed E-state index contributed by atoms with van der Waals surface area (Å²) in [5.74, 6) is 3.21. The van der Waals surface area contributed by atoms with Crippen LogP contribution in [0.1, 0.15) is 36.1 Å². The van der Waals surface area contributed by atoms with Crippen molar-refractivity contribution < 1.29 is 42.4 Å². The molecule has 1 aliphatic rings. The number of hydrogen-bond acceptors (Lipinski definition) is 8. The van der Waals surface area contributed by atoms with Gasteiger partial charge in [-0.2, -0.15) is 0 Å². The van der Waals surface area contributed by atoms with Crippen LogP contribution in [-0.2, 0) is 16.0 Å². The number of fused-ring (bicyclic) bond motifs is 1. The van der Waals surface area contributed by atoms with Crippen LogP contribution in [0, 0.1) is 0 Å². The first kappa shape index (κ1) is 27.3. The highest BCUT2D eigenvalue weighted by molar-refractivity contribution is 5.66. The Morgan fingerprint density at radius 2 is 1.39 bits per heavy atom. The Labute approximate surface area is 213 Å². The van der Waals surface area contributed by atoms with Gasteiger partial charge in [0.25, 0.3) is 0 Å². The number of hydrogen-bond donors (Lipinski definition) is 0. The summed E-state index contributed by atoms with van der Waals surface area (Å²) in [5.41, 5.74) is 3.12. The van der Waals surface area contributed by atoms with E-state index in [4.69, 9.17) is 33.2 Å². The van der Waals surface area contributed by atoms with Crippen molar-refractivity contribution in [2.45, 2.75) is 25.8 Å². The Bertz CT molecular complexity index is 1060. The Balaban J connectivity index is 2.26. The molecule has 0 fully saturated rings. The van der Waals surface area contributed by atoms with Crippen LogP contribution in [0.4, 0.5) is 0 Å². The van der Waals surface area contributed by atoms with Gasteiger partial charge in [0.2, 0.25) is 11.5 Å². The molecule has 0 amide bonds. The summed E-state index contributed by atoms with van der Waals surface area (Å²) >= 11 is 0. The fourth-order valence-corrected chi connectivity index (χ4v) is 5.22. The number of rotatable bonds is 11. The summed E-state index contributed by atoms with van der Waals surface area (Å²) in [7, 11) is 11.9. The van der Waals surface area contributed by atoms with Crippen molar-refractivity contribution in [2.75, 3.05) is 69.4 Å². The van der Waals surface area contributed by atoms with E-state index in [0.717, 1.165) is 36.2 Å². The number of esters is 1. The quantitative estimate of drug-likeness (QED) is 0.260. The van der Waals surface area contributed by atoms with Gasteiger partial charge >= 0.3 is 5.97 Å².